The zero-order valence-electron chi connectivity index (χ0n) is 13.8. The maximum Gasteiger partial charge on any atom is 0.193 e. The van der Waals surface area contributed by atoms with Gasteiger partial charge >= 0.3 is 0 Å². The van der Waals surface area contributed by atoms with E-state index in [1.807, 2.05) is 24.3 Å². The molecule has 1 fully saturated rings. The Bertz CT molecular complexity index is 477. The van der Waals surface area contributed by atoms with E-state index in [0.717, 1.165) is 31.1 Å². The summed E-state index contributed by atoms with van der Waals surface area (Å²) >= 11 is 0. The molecule has 1 aromatic rings. The molecule has 130 valence electrons. The molecule has 0 spiro atoms. The van der Waals surface area contributed by atoms with Crippen LogP contribution in [0.15, 0.2) is 29.3 Å². The highest BCUT2D eigenvalue weighted by Gasteiger charge is 2.27. The maximum absolute atomic E-state index is 5.92. The molecule has 0 saturated heterocycles. The van der Waals surface area contributed by atoms with Crippen molar-refractivity contribution < 1.29 is 9.47 Å². The normalized spacial score (nSPS) is 14.5. The molecular weight excluding hydrogens is 407 g/mol. The summed E-state index contributed by atoms with van der Waals surface area (Å²) in [4.78, 5) is 6.81. The Kier molecular flexibility index (Phi) is 9.27. The van der Waals surface area contributed by atoms with Crippen molar-refractivity contribution in [3.63, 3.8) is 0 Å². The van der Waals surface area contributed by atoms with Crippen LogP contribution in [0, 0.1) is 0 Å². The molecule has 1 aliphatic carbocycles. The van der Waals surface area contributed by atoms with Gasteiger partial charge in [-0.25, -0.2) is 0 Å². The van der Waals surface area contributed by atoms with Crippen LogP contribution in [0.25, 0.3) is 0 Å². The second kappa shape index (κ2) is 10.7. The van der Waals surface area contributed by atoms with E-state index in [4.69, 9.17) is 15.2 Å². The van der Waals surface area contributed by atoms with Crippen molar-refractivity contribution in [1.29, 1.82) is 0 Å². The molecule has 3 N–H and O–H groups in total. The fraction of sp³-hybridized carbons (Fsp3) is 0.562. The Morgan fingerprint density at radius 3 is 2.52 bits per heavy atom. The quantitative estimate of drug-likeness (QED) is 0.354. The van der Waals surface area contributed by atoms with Crippen molar-refractivity contribution in [1.82, 2.24) is 4.90 Å². The first kappa shape index (κ1) is 20.0. The highest BCUT2D eigenvalue weighted by atomic mass is 127. The van der Waals surface area contributed by atoms with Gasteiger partial charge in [0.2, 0.25) is 0 Å². The summed E-state index contributed by atoms with van der Waals surface area (Å²) in [5.41, 5.74) is 6.82. The van der Waals surface area contributed by atoms with Crippen molar-refractivity contribution in [2.75, 3.05) is 45.8 Å². The van der Waals surface area contributed by atoms with E-state index in [0.29, 0.717) is 18.5 Å². The van der Waals surface area contributed by atoms with E-state index >= 15 is 0 Å². The Hall–Kier alpha value is -1.06. The molecule has 0 bridgehead atoms. The predicted octanol–water partition coefficient (Wildman–Crippen LogP) is 2.15. The van der Waals surface area contributed by atoms with E-state index in [-0.39, 0.29) is 24.0 Å². The van der Waals surface area contributed by atoms with Gasteiger partial charge in [-0.1, -0.05) is 0 Å². The van der Waals surface area contributed by atoms with Gasteiger partial charge in [0.1, 0.15) is 5.75 Å². The Morgan fingerprint density at radius 1 is 1.26 bits per heavy atom. The van der Waals surface area contributed by atoms with E-state index in [9.17, 15) is 0 Å². The van der Waals surface area contributed by atoms with Crippen LogP contribution in [0.1, 0.15) is 12.8 Å². The largest absolute Gasteiger partial charge is 0.497 e. The summed E-state index contributed by atoms with van der Waals surface area (Å²) in [5, 5.41) is 3.08. The first-order valence-electron chi connectivity index (χ1n) is 7.67. The van der Waals surface area contributed by atoms with Gasteiger partial charge < -0.3 is 20.5 Å². The zero-order valence-corrected chi connectivity index (χ0v) is 16.2. The van der Waals surface area contributed by atoms with Crippen LogP contribution < -0.4 is 15.8 Å². The number of anilines is 1. The molecule has 0 aromatic heterocycles. The Labute approximate surface area is 155 Å². The van der Waals surface area contributed by atoms with Gasteiger partial charge in [0, 0.05) is 31.9 Å². The fourth-order valence-electron chi connectivity index (χ4n) is 2.29. The molecule has 0 unspecified atom stereocenters. The average Bonchev–Trinajstić information content (AvgIpc) is 3.36. The molecule has 0 aliphatic heterocycles. The van der Waals surface area contributed by atoms with Crippen LogP contribution in [0.2, 0.25) is 0 Å². The molecule has 1 saturated carbocycles. The van der Waals surface area contributed by atoms with Crippen LogP contribution in [0.3, 0.4) is 0 Å². The number of rotatable bonds is 9. The molecule has 6 nitrogen and oxygen atoms in total. The van der Waals surface area contributed by atoms with Crippen LogP contribution in [0.5, 0.6) is 5.75 Å². The number of nitrogens with zero attached hydrogens (tertiary/aromatic N) is 2. The topological polar surface area (TPSA) is 72.1 Å². The van der Waals surface area contributed by atoms with Crippen LogP contribution in [-0.2, 0) is 4.74 Å². The molecule has 0 radical (unpaired) electrons. The number of ether oxygens (including phenoxy) is 2. The highest BCUT2D eigenvalue weighted by molar-refractivity contribution is 14.0. The highest BCUT2D eigenvalue weighted by Crippen LogP contribution is 2.26. The fourth-order valence-corrected chi connectivity index (χ4v) is 2.29. The third kappa shape index (κ3) is 7.36. The van der Waals surface area contributed by atoms with Gasteiger partial charge in [0.25, 0.3) is 0 Å². The van der Waals surface area contributed by atoms with Gasteiger partial charge in [-0.05, 0) is 37.1 Å². The number of benzene rings is 1. The molecule has 23 heavy (non-hydrogen) atoms. The van der Waals surface area contributed by atoms with E-state index in [1.165, 1.54) is 12.8 Å². The van der Waals surface area contributed by atoms with Crippen LogP contribution in [-0.4, -0.2) is 57.4 Å². The lowest BCUT2D eigenvalue weighted by Gasteiger charge is -2.20. The standard InChI is InChI=1S/C16H26N4O2.HI/c1-21-12-11-20(14-5-6-14)10-9-18-16(17)19-13-3-7-15(22-2)8-4-13;/h3-4,7-8,14H,5-6,9-12H2,1-2H3,(H3,17,18,19);1H. The lowest BCUT2D eigenvalue weighted by molar-refractivity contribution is 0.145. The number of nitrogens with two attached hydrogens (primary N) is 1. The van der Waals surface area contributed by atoms with Crippen LogP contribution >= 0.6 is 24.0 Å². The summed E-state index contributed by atoms with van der Waals surface area (Å²) in [6.07, 6.45) is 2.57. The first-order valence-corrected chi connectivity index (χ1v) is 7.67. The molecule has 1 aliphatic rings. The second-order valence-electron chi connectivity index (χ2n) is 5.38. The van der Waals surface area contributed by atoms with E-state index < -0.39 is 0 Å². The molecule has 0 atom stereocenters. The smallest absolute Gasteiger partial charge is 0.193 e. The molecule has 1 aromatic carbocycles. The number of nitrogens with one attached hydrogen (secondary N) is 1. The van der Waals surface area contributed by atoms with Crippen molar-refractivity contribution in [3.8, 4) is 5.75 Å². The molecule has 0 amide bonds. The van der Waals surface area contributed by atoms with Gasteiger partial charge in [-0.3, -0.25) is 9.89 Å². The minimum Gasteiger partial charge on any atom is -0.497 e. The van der Waals surface area contributed by atoms with E-state index in [1.54, 1.807) is 14.2 Å². The molecular formula is C16H27IN4O2. The van der Waals surface area contributed by atoms with Gasteiger partial charge in [0.05, 0.1) is 20.3 Å². The van der Waals surface area contributed by atoms with Crippen molar-refractivity contribution in [2.24, 2.45) is 10.7 Å². The summed E-state index contributed by atoms with van der Waals surface area (Å²) in [6, 6.07) is 8.30. The van der Waals surface area contributed by atoms with Crippen molar-refractivity contribution >= 4 is 35.6 Å². The van der Waals surface area contributed by atoms with Gasteiger partial charge in [-0.15, -0.1) is 24.0 Å². The molecule has 0 heterocycles. The zero-order chi connectivity index (χ0) is 15.8. The number of guanidine groups is 1. The number of aliphatic imine (C=N–C) groups is 1. The minimum absolute atomic E-state index is 0. The number of hydrogen-bond acceptors (Lipinski definition) is 4. The summed E-state index contributed by atoms with van der Waals surface area (Å²) in [6.45, 7) is 3.33. The predicted molar refractivity (Wildman–Crippen MR) is 105 cm³/mol. The SMILES string of the molecule is COCCN(CCN=C(N)Nc1ccc(OC)cc1)C1CC1.I. The number of hydrogen-bond donors (Lipinski definition) is 2. The third-order valence-corrected chi connectivity index (χ3v) is 3.68. The van der Waals surface area contributed by atoms with Crippen molar-refractivity contribution in [2.45, 2.75) is 18.9 Å². The molecule has 7 heteroatoms. The summed E-state index contributed by atoms with van der Waals surface area (Å²) in [5.74, 6) is 1.26. The number of methoxy groups -OCH3 is 2. The first-order chi connectivity index (χ1) is 10.7. The maximum atomic E-state index is 5.92. The second-order valence-corrected chi connectivity index (χ2v) is 5.38. The Balaban J connectivity index is 0.00000264. The van der Waals surface area contributed by atoms with Gasteiger partial charge in [-0.2, -0.15) is 0 Å². The number of halogens is 1. The van der Waals surface area contributed by atoms with E-state index in [2.05, 4.69) is 15.2 Å². The lowest BCUT2D eigenvalue weighted by atomic mass is 10.3. The lowest BCUT2D eigenvalue weighted by Crippen LogP contribution is -2.33. The average molecular weight is 434 g/mol. The van der Waals surface area contributed by atoms with Crippen molar-refractivity contribution in [3.05, 3.63) is 24.3 Å². The Morgan fingerprint density at radius 2 is 1.96 bits per heavy atom. The summed E-state index contributed by atoms with van der Waals surface area (Å²) in [7, 11) is 3.38. The third-order valence-electron chi connectivity index (χ3n) is 3.68. The molecule has 2 rings (SSSR count). The minimum atomic E-state index is 0. The monoisotopic (exact) mass is 434 g/mol. The summed E-state index contributed by atoms with van der Waals surface area (Å²) < 4.78 is 10.3. The van der Waals surface area contributed by atoms with Crippen LogP contribution in [0.4, 0.5) is 5.69 Å². The van der Waals surface area contributed by atoms with Gasteiger partial charge in [0.15, 0.2) is 5.96 Å².